The molecular weight excluding hydrogens is 368 g/mol. The van der Waals surface area contributed by atoms with Gasteiger partial charge in [0.1, 0.15) is 12.1 Å². The molecule has 154 valence electrons. The number of rotatable bonds is 11. The van der Waals surface area contributed by atoms with Gasteiger partial charge >= 0.3 is 5.97 Å². The Hall–Kier alpha value is -2.98. The molecule has 4 unspecified atom stereocenters. The summed E-state index contributed by atoms with van der Waals surface area (Å²) in [6.45, 7) is 1.27. The molecule has 0 aromatic heterocycles. The van der Waals surface area contributed by atoms with Crippen LogP contribution in [0, 0.1) is 0 Å². The van der Waals surface area contributed by atoms with Crippen LogP contribution >= 0.6 is 0 Å². The van der Waals surface area contributed by atoms with Gasteiger partial charge < -0.3 is 32.3 Å². The Kier molecular flexibility index (Phi) is 9.06. The molecule has 3 amide bonds. The van der Waals surface area contributed by atoms with Gasteiger partial charge in [0, 0.05) is 6.42 Å². The lowest BCUT2D eigenvalue weighted by Gasteiger charge is -2.24. The highest BCUT2D eigenvalue weighted by Crippen LogP contribution is 2.04. The monoisotopic (exact) mass is 394 g/mol. The highest BCUT2D eigenvalue weighted by atomic mass is 16.4. The van der Waals surface area contributed by atoms with Gasteiger partial charge in [-0.05, 0) is 25.3 Å². The number of hydrogen-bond acceptors (Lipinski definition) is 6. The largest absolute Gasteiger partial charge is 0.480 e. The molecule has 0 fully saturated rings. The van der Waals surface area contributed by atoms with Crippen LogP contribution in [-0.2, 0) is 25.6 Å². The zero-order chi connectivity index (χ0) is 21.3. The molecule has 4 atom stereocenters. The van der Waals surface area contributed by atoms with Crippen LogP contribution in [0.15, 0.2) is 30.3 Å². The third-order valence-corrected chi connectivity index (χ3v) is 3.99. The number of carbonyl (C=O) groups excluding carboxylic acids is 3. The second-order valence-corrected chi connectivity index (χ2v) is 6.43. The maximum Gasteiger partial charge on any atom is 0.326 e. The first-order valence-electron chi connectivity index (χ1n) is 8.71. The van der Waals surface area contributed by atoms with Gasteiger partial charge in [-0.15, -0.1) is 0 Å². The van der Waals surface area contributed by atoms with Crippen molar-refractivity contribution in [3.8, 4) is 0 Å². The Balaban J connectivity index is 2.74. The first kappa shape index (κ1) is 23.1. The zero-order valence-corrected chi connectivity index (χ0v) is 15.5. The number of nitrogens with two attached hydrogens (primary N) is 2. The molecule has 0 saturated carbocycles. The lowest BCUT2D eigenvalue weighted by atomic mass is 10.0. The standard InChI is InChI=1S/C18H26N4O6/c1-10(23)15(17(26)21-13(18(27)28)7-8-14(20)24)22-16(25)12(19)9-11-5-3-2-4-6-11/h2-6,10,12-13,15,23H,7-9,19H2,1H3,(H2,20,24)(H,21,26)(H,22,25)(H,27,28). The number of carboxylic acids is 1. The normalized spacial score (nSPS) is 15.0. The summed E-state index contributed by atoms with van der Waals surface area (Å²) in [6.07, 6.45) is -1.55. The van der Waals surface area contributed by atoms with Crippen molar-refractivity contribution in [1.82, 2.24) is 10.6 Å². The molecule has 10 nitrogen and oxygen atoms in total. The van der Waals surface area contributed by atoms with Gasteiger partial charge in [0.15, 0.2) is 0 Å². The van der Waals surface area contributed by atoms with Crippen LogP contribution in [0.3, 0.4) is 0 Å². The maximum absolute atomic E-state index is 12.4. The Labute approximate surface area is 162 Å². The Morgan fingerprint density at radius 1 is 1.07 bits per heavy atom. The van der Waals surface area contributed by atoms with E-state index >= 15 is 0 Å². The van der Waals surface area contributed by atoms with Crippen LogP contribution in [0.25, 0.3) is 0 Å². The van der Waals surface area contributed by atoms with E-state index in [1.54, 1.807) is 24.3 Å². The number of hydrogen-bond donors (Lipinski definition) is 6. The molecule has 0 bridgehead atoms. The molecule has 10 heteroatoms. The Morgan fingerprint density at radius 2 is 1.68 bits per heavy atom. The summed E-state index contributed by atoms with van der Waals surface area (Å²) >= 11 is 0. The van der Waals surface area contributed by atoms with Gasteiger partial charge in [0.25, 0.3) is 0 Å². The predicted molar refractivity (Wildman–Crippen MR) is 99.7 cm³/mol. The minimum Gasteiger partial charge on any atom is -0.480 e. The smallest absolute Gasteiger partial charge is 0.326 e. The zero-order valence-electron chi connectivity index (χ0n) is 15.5. The number of primary amides is 1. The molecule has 0 heterocycles. The molecule has 1 aromatic carbocycles. The minimum absolute atomic E-state index is 0.218. The van der Waals surface area contributed by atoms with Gasteiger partial charge in [-0.1, -0.05) is 30.3 Å². The van der Waals surface area contributed by atoms with Crippen LogP contribution in [0.5, 0.6) is 0 Å². The number of aliphatic hydroxyl groups is 1. The van der Waals surface area contributed by atoms with Gasteiger partial charge in [-0.25, -0.2) is 4.79 Å². The van der Waals surface area contributed by atoms with E-state index in [1.807, 2.05) is 6.07 Å². The van der Waals surface area contributed by atoms with Crippen molar-refractivity contribution in [2.75, 3.05) is 0 Å². The summed E-state index contributed by atoms with van der Waals surface area (Å²) in [5.41, 5.74) is 11.7. The molecular formula is C18H26N4O6. The third kappa shape index (κ3) is 7.72. The second-order valence-electron chi connectivity index (χ2n) is 6.43. The molecule has 0 aliphatic heterocycles. The molecule has 28 heavy (non-hydrogen) atoms. The van der Waals surface area contributed by atoms with Crippen molar-refractivity contribution in [2.24, 2.45) is 11.5 Å². The fourth-order valence-corrected chi connectivity index (χ4v) is 2.43. The van der Waals surface area contributed by atoms with Gasteiger partial charge in [0.05, 0.1) is 12.1 Å². The van der Waals surface area contributed by atoms with E-state index in [0.29, 0.717) is 0 Å². The number of carboxylic acid groups (broad SMARTS) is 1. The molecule has 0 radical (unpaired) electrons. The van der Waals surface area contributed by atoms with E-state index in [4.69, 9.17) is 16.6 Å². The van der Waals surface area contributed by atoms with E-state index in [9.17, 15) is 24.3 Å². The van der Waals surface area contributed by atoms with Crippen molar-refractivity contribution in [3.05, 3.63) is 35.9 Å². The molecule has 0 aliphatic rings. The van der Waals surface area contributed by atoms with Crippen LogP contribution in [0.4, 0.5) is 0 Å². The number of nitrogens with one attached hydrogen (secondary N) is 2. The van der Waals surface area contributed by atoms with E-state index in [0.717, 1.165) is 5.56 Å². The van der Waals surface area contributed by atoms with E-state index in [-0.39, 0.29) is 19.3 Å². The quantitative estimate of drug-likeness (QED) is 0.257. The lowest BCUT2D eigenvalue weighted by Crippen LogP contribution is -2.58. The van der Waals surface area contributed by atoms with Gasteiger partial charge in [-0.3, -0.25) is 14.4 Å². The summed E-state index contributed by atoms with van der Waals surface area (Å²) in [6, 6.07) is 5.22. The second kappa shape index (κ2) is 11.0. The molecule has 1 rings (SSSR count). The average Bonchev–Trinajstić information content (AvgIpc) is 2.62. The van der Waals surface area contributed by atoms with E-state index in [2.05, 4.69) is 10.6 Å². The minimum atomic E-state index is -1.41. The maximum atomic E-state index is 12.4. The summed E-state index contributed by atoms with van der Waals surface area (Å²) in [4.78, 5) is 46.7. The first-order valence-corrected chi connectivity index (χ1v) is 8.71. The van der Waals surface area contributed by atoms with Crippen molar-refractivity contribution >= 4 is 23.7 Å². The summed E-state index contributed by atoms with van der Waals surface area (Å²) in [5, 5.41) is 23.5. The topological polar surface area (TPSA) is 185 Å². The molecule has 8 N–H and O–H groups in total. The molecule has 0 saturated heterocycles. The summed E-state index contributed by atoms with van der Waals surface area (Å²) < 4.78 is 0. The van der Waals surface area contributed by atoms with Crippen molar-refractivity contribution in [3.63, 3.8) is 0 Å². The van der Waals surface area contributed by atoms with E-state index in [1.165, 1.54) is 6.92 Å². The third-order valence-electron chi connectivity index (χ3n) is 3.99. The number of aliphatic hydroxyl groups excluding tert-OH is 1. The highest BCUT2D eigenvalue weighted by molar-refractivity contribution is 5.92. The molecule has 0 aliphatic carbocycles. The predicted octanol–water partition coefficient (Wildman–Crippen LogP) is -1.74. The van der Waals surface area contributed by atoms with Crippen molar-refractivity contribution in [1.29, 1.82) is 0 Å². The van der Waals surface area contributed by atoms with E-state index < -0.39 is 47.9 Å². The van der Waals surface area contributed by atoms with Crippen LogP contribution in [0.2, 0.25) is 0 Å². The fourth-order valence-electron chi connectivity index (χ4n) is 2.43. The first-order chi connectivity index (χ1) is 13.1. The fraction of sp³-hybridized carbons (Fsp3) is 0.444. The number of carbonyl (C=O) groups is 4. The number of benzene rings is 1. The molecule has 0 spiro atoms. The summed E-state index contributed by atoms with van der Waals surface area (Å²) in [7, 11) is 0. The number of aliphatic carboxylic acids is 1. The van der Waals surface area contributed by atoms with Gasteiger partial charge in [-0.2, -0.15) is 0 Å². The van der Waals surface area contributed by atoms with Crippen molar-refractivity contribution < 1.29 is 29.4 Å². The van der Waals surface area contributed by atoms with Crippen molar-refractivity contribution in [2.45, 2.75) is 50.4 Å². The summed E-state index contributed by atoms with van der Waals surface area (Å²) in [5.74, 6) is -3.67. The van der Waals surface area contributed by atoms with Crippen LogP contribution < -0.4 is 22.1 Å². The molecule has 1 aromatic rings. The Bertz CT molecular complexity index is 695. The van der Waals surface area contributed by atoms with Gasteiger partial charge in [0.2, 0.25) is 17.7 Å². The lowest BCUT2D eigenvalue weighted by molar-refractivity contribution is -0.143. The van der Waals surface area contributed by atoms with Crippen LogP contribution in [-0.4, -0.2) is 58.1 Å². The van der Waals surface area contributed by atoms with Crippen LogP contribution in [0.1, 0.15) is 25.3 Å². The Morgan fingerprint density at radius 3 is 2.18 bits per heavy atom. The number of amides is 3. The average molecular weight is 394 g/mol. The SMILES string of the molecule is CC(O)C(NC(=O)C(N)Cc1ccccc1)C(=O)NC(CCC(N)=O)C(=O)O. The highest BCUT2D eigenvalue weighted by Gasteiger charge is 2.31.